The largest absolute Gasteiger partial charge is 0.472 e. The summed E-state index contributed by atoms with van der Waals surface area (Å²) in [5.41, 5.74) is 0.718. The molecule has 0 atom stereocenters. The number of carbonyl (C=O) groups is 1. The summed E-state index contributed by atoms with van der Waals surface area (Å²) in [7, 11) is 0. The van der Waals surface area contributed by atoms with E-state index in [1.165, 1.54) is 36.0 Å². The number of fused-ring (bicyclic) bond motifs is 1. The molecule has 0 saturated carbocycles. The lowest BCUT2D eigenvalue weighted by Crippen LogP contribution is -2.29. The summed E-state index contributed by atoms with van der Waals surface area (Å²) >= 11 is 6.35. The highest BCUT2D eigenvalue weighted by Crippen LogP contribution is 2.37. The minimum atomic E-state index is -4.69. The van der Waals surface area contributed by atoms with Crippen molar-refractivity contribution >= 4 is 28.7 Å². The highest BCUT2D eigenvalue weighted by molar-refractivity contribution is 6.33. The van der Waals surface area contributed by atoms with Gasteiger partial charge in [-0.2, -0.15) is 13.2 Å². The van der Waals surface area contributed by atoms with Crippen molar-refractivity contribution in [3.05, 3.63) is 77.5 Å². The smallest absolute Gasteiger partial charge is 0.420 e. The molecule has 6 nitrogen and oxygen atoms in total. The molecule has 0 bridgehead atoms. The van der Waals surface area contributed by atoms with Crippen LogP contribution in [0.1, 0.15) is 21.6 Å². The first-order chi connectivity index (χ1) is 14.8. The van der Waals surface area contributed by atoms with Crippen molar-refractivity contribution in [3.63, 3.8) is 0 Å². The summed E-state index contributed by atoms with van der Waals surface area (Å²) < 4.78 is 52.4. The second kappa shape index (κ2) is 7.05. The quantitative estimate of drug-likeness (QED) is 0.422. The summed E-state index contributed by atoms with van der Waals surface area (Å²) in [5.74, 6) is -0.554. The standard InChI is InChI=1S/C21H13ClF3N3O3/c22-18-17(20(29)27-4-1-12(8-27)13-2-5-30-10-13)26-19-16(21(23,24)25)7-15(9-28(18)19)14-3-6-31-11-14/h1-3,5-7,9-11H,4,8H2. The first-order valence-corrected chi connectivity index (χ1v) is 9.53. The van der Waals surface area contributed by atoms with Crippen LogP contribution >= 0.6 is 11.6 Å². The fourth-order valence-electron chi connectivity index (χ4n) is 3.56. The average Bonchev–Trinajstić information content (AvgIpc) is 3.53. The maximum Gasteiger partial charge on any atom is 0.420 e. The number of pyridine rings is 1. The molecule has 158 valence electrons. The van der Waals surface area contributed by atoms with Crippen molar-refractivity contribution in [2.75, 3.05) is 13.1 Å². The predicted octanol–water partition coefficient (Wildman–Crippen LogP) is 5.40. The molecule has 0 radical (unpaired) electrons. The third kappa shape index (κ3) is 3.31. The summed E-state index contributed by atoms with van der Waals surface area (Å²) in [6.07, 6.45) is 4.33. The van der Waals surface area contributed by atoms with Crippen LogP contribution in [0.3, 0.4) is 0 Å². The Labute approximate surface area is 178 Å². The van der Waals surface area contributed by atoms with Crippen LogP contribution in [0.25, 0.3) is 22.3 Å². The van der Waals surface area contributed by atoms with E-state index in [-0.39, 0.29) is 29.5 Å². The molecule has 1 aliphatic heterocycles. The normalized spacial score (nSPS) is 14.5. The number of carbonyl (C=O) groups excluding carboxylic acids is 1. The molecule has 4 aromatic rings. The summed E-state index contributed by atoms with van der Waals surface area (Å²) in [6, 6.07) is 4.27. The van der Waals surface area contributed by atoms with E-state index in [9.17, 15) is 18.0 Å². The van der Waals surface area contributed by atoms with E-state index in [2.05, 4.69) is 4.98 Å². The van der Waals surface area contributed by atoms with E-state index >= 15 is 0 Å². The third-order valence-electron chi connectivity index (χ3n) is 5.12. The van der Waals surface area contributed by atoms with E-state index in [0.29, 0.717) is 5.56 Å². The first-order valence-electron chi connectivity index (χ1n) is 9.15. The lowest BCUT2D eigenvalue weighted by Gasteiger charge is -2.14. The molecule has 31 heavy (non-hydrogen) atoms. The van der Waals surface area contributed by atoms with Crippen molar-refractivity contribution in [1.82, 2.24) is 14.3 Å². The van der Waals surface area contributed by atoms with Gasteiger partial charge >= 0.3 is 6.18 Å². The molecule has 1 aliphatic rings. The second-order valence-electron chi connectivity index (χ2n) is 7.02. The molecular formula is C21H13ClF3N3O3. The zero-order valence-electron chi connectivity index (χ0n) is 15.7. The van der Waals surface area contributed by atoms with Gasteiger partial charge in [0, 0.05) is 36.0 Å². The maximum atomic E-state index is 13.8. The molecule has 10 heteroatoms. The molecule has 0 fully saturated rings. The Morgan fingerprint density at radius 1 is 1.10 bits per heavy atom. The summed E-state index contributed by atoms with van der Waals surface area (Å²) in [5, 5.41) is -0.187. The van der Waals surface area contributed by atoms with E-state index in [4.69, 9.17) is 20.4 Å². The Morgan fingerprint density at radius 3 is 2.45 bits per heavy atom. The Hall–Kier alpha value is -3.46. The predicted molar refractivity (Wildman–Crippen MR) is 105 cm³/mol. The number of amides is 1. The Kier molecular flexibility index (Phi) is 4.44. The van der Waals surface area contributed by atoms with Crippen molar-refractivity contribution in [1.29, 1.82) is 0 Å². The number of hydrogen-bond donors (Lipinski definition) is 0. The molecule has 0 saturated heterocycles. The summed E-state index contributed by atoms with van der Waals surface area (Å²) in [6.45, 7) is 0.560. The van der Waals surface area contributed by atoms with E-state index < -0.39 is 23.3 Å². The van der Waals surface area contributed by atoms with Crippen LogP contribution in [0.15, 0.2) is 64.4 Å². The Morgan fingerprint density at radius 2 is 1.81 bits per heavy atom. The molecule has 0 N–H and O–H groups in total. The van der Waals surface area contributed by atoms with Gasteiger partial charge in [0.1, 0.15) is 5.15 Å². The lowest BCUT2D eigenvalue weighted by molar-refractivity contribution is -0.136. The van der Waals surface area contributed by atoms with E-state index in [1.54, 1.807) is 12.3 Å². The number of imidazole rings is 1. The van der Waals surface area contributed by atoms with Crippen LogP contribution in [-0.2, 0) is 6.18 Å². The molecule has 0 unspecified atom stereocenters. The monoisotopic (exact) mass is 447 g/mol. The first kappa shape index (κ1) is 19.5. The van der Waals surface area contributed by atoms with Crippen molar-refractivity contribution in [2.45, 2.75) is 6.18 Å². The number of furan rings is 2. The van der Waals surface area contributed by atoms with Crippen LogP contribution in [0.5, 0.6) is 0 Å². The average molecular weight is 448 g/mol. The number of halogens is 4. The van der Waals surface area contributed by atoms with Gasteiger partial charge in [0.25, 0.3) is 5.91 Å². The van der Waals surface area contributed by atoms with Crippen LogP contribution in [-0.4, -0.2) is 33.3 Å². The topological polar surface area (TPSA) is 63.9 Å². The van der Waals surface area contributed by atoms with E-state index in [1.807, 2.05) is 6.08 Å². The molecule has 0 aromatic carbocycles. The Balaban J connectivity index is 1.56. The fourth-order valence-corrected chi connectivity index (χ4v) is 3.82. The van der Waals surface area contributed by atoms with Gasteiger partial charge in [-0.3, -0.25) is 9.20 Å². The van der Waals surface area contributed by atoms with Crippen LogP contribution in [0.4, 0.5) is 13.2 Å². The van der Waals surface area contributed by atoms with E-state index in [0.717, 1.165) is 21.6 Å². The molecule has 0 aliphatic carbocycles. The minimum Gasteiger partial charge on any atom is -0.472 e. The second-order valence-corrected chi connectivity index (χ2v) is 7.38. The van der Waals surface area contributed by atoms with Crippen LogP contribution < -0.4 is 0 Å². The van der Waals surface area contributed by atoms with Crippen molar-refractivity contribution in [3.8, 4) is 11.1 Å². The zero-order valence-corrected chi connectivity index (χ0v) is 16.4. The number of rotatable bonds is 3. The highest BCUT2D eigenvalue weighted by atomic mass is 35.5. The maximum absolute atomic E-state index is 13.8. The number of aromatic nitrogens is 2. The van der Waals surface area contributed by atoms with Crippen molar-refractivity contribution in [2.24, 2.45) is 0 Å². The molecule has 0 spiro atoms. The van der Waals surface area contributed by atoms with Gasteiger partial charge in [0.05, 0.1) is 30.6 Å². The number of alkyl halides is 3. The van der Waals surface area contributed by atoms with Crippen LogP contribution in [0, 0.1) is 0 Å². The number of hydrogen-bond acceptors (Lipinski definition) is 4. The van der Waals surface area contributed by atoms with Gasteiger partial charge in [0.2, 0.25) is 0 Å². The van der Waals surface area contributed by atoms with Gasteiger partial charge in [-0.15, -0.1) is 0 Å². The van der Waals surface area contributed by atoms with Gasteiger partial charge in [0.15, 0.2) is 11.3 Å². The lowest BCUT2D eigenvalue weighted by atomic mass is 10.1. The van der Waals surface area contributed by atoms with Crippen molar-refractivity contribution < 1.29 is 26.8 Å². The zero-order chi connectivity index (χ0) is 21.8. The fraction of sp³-hybridized carbons (Fsp3) is 0.143. The molecule has 5 heterocycles. The third-order valence-corrected chi connectivity index (χ3v) is 5.48. The minimum absolute atomic E-state index is 0.187. The number of nitrogens with zero attached hydrogens (tertiary/aromatic N) is 3. The molecule has 5 rings (SSSR count). The van der Waals surface area contributed by atoms with Gasteiger partial charge in [-0.05, 0) is 23.8 Å². The molecule has 4 aromatic heterocycles. The summed E-state index contributed by atoms with van der Waals surface area (Å²) in [4.78, 5) is 18.5. The highest BCUT2D eigenvalue weighted by Gasteiger charge is 2.37. The molecule has 1 amide bonds. The van der Waals surface area contributed by atoms with Gasteiger partial charge in [-0.1, -0.05) is 17.7 Å². The molecular weight excluding hydrogens is 435 g/mol. The van der Waals surface area contributed by atoms with Gasteiger partial charge < -0.3 is 13.7 Å². The van der Waals surface area contributed by atoms with Gasteiger partial charge in [-0.25, -0.2) is 4.98 Å². The SMILES string of the molecule is O=C(c1nc2c(C(F)(F)F)cc(-c3ccoc3)cn2c1Cl)N1CC=C(c2ccoc2)C1. The van der Waals surface area contributed by atoms with Crippen LogP contribution in [0.2, 0.25) is 5.15 Å². The Bertz CT molecular complexity index is 1310.